The lowest BCUT2D eigenvalue weighted by atomic mass is 10.0. The molecule has 0 aliphatic carbocycles. The van der Waals surface area contributed by atoms with E-state index in [1.165, 1.54) is 68.7 Å². The summed E-state index contributed by atoms with van der Waals surface area (Å²) in [5.41, 5.74) is 2.75. The molecule has 1 aromatic heterocycles. The van der Waals surface area contributed by atoms with E-state index in [2.05, 4.69) is 36.0 Å². The second-order valence-electron chi connectivity index (χ2n) is 6.10. The Labute approximate surface area is 116 Å². The third-order valence-electron chi connectivity index (χ3n) is 4.63. The van der Waals surface area contributed by atoms with Crippen molar-refractivity contribution >= 4 is 5.82 Å². The summed E-state index contributed by atoms with van der Waals surface area (Å²) in [7, 11) is 2.23. The van der Waals surface area contributed by atoms with Crippen LogP contribution in [0.25, 0.3) is 0 Å². The van der Waals surface area contributed by atoms with E-state index in [0.29, 0.717) is 6.04 Å². The maximum Gasteiger partial charge on any atom is 0.131 e. The lowest BCUT2D eigenvalue weighted by Gasteiger charge is -2.29. The molecule has 19 heavy (non-hydrogen) atoms. The van der Waals surface area contributed by atoms with Crippen LogP contribution in [0.5, 0.6) is 0 Å². The standard InChI is InChI=1S/C16H25N3/c1-13-11-14(15-7-6-8-18(15)2)12-17-16(13)19-9-4-3-5-10-19/h11-12,15H,3-10H2,1-2H3. The number of aromatic nitrogens is 1. The Hall–Kier alpha value is -1.09. The largest absolute Gasteiger partial charge is 0.356 e. The Bertz CT molecular complexity index is 438. The highest BCUT2D eigenvalue weighted by Crippen LogP contribution is 2.32. The summed E-state index contributed by atoms with van der Waals surface area (Å²) in [4.78, 5) is 9.69. The summed E-state index contributed by atoms with van der Waals surface area (Å²) in [6.07, 6.45) is 8.71. The van der Waals surface area contributed by atoms with Gasteiger partial charge in [-0.1, -0.05) is 0 Å². The molecule has 0 spiro atoms. The highest BCUT2D eigenvalue weighted by atomic mass is 15.2. The zero-order valence-corrected chi connectivity index (χ0v) is 12.2. The Morgan fingerprint density at radius 2 is 1.89 bits per heavy atom. The van der Waals surface area contributed by atoms with E-state index in [0.717, 1.165) is 0 Å². The van der Waals surface area contributed by atoms with Crippen molar-refractivity contribution in [1.29, 1.82) is 0 Å². The number of anilines is 1. The number of rotatable bonds is 2. The van der Waals surface area contributed by atoms with Gasteiger partial charge in [-0.3, -0.25) is 4.90 Å². The number of aryl methyl sites for hydroxylation is 1. The molecule has 0 aromatic carbocycles. The lowest BCUT2D eigenvalue weighted by Crippen LogP contribution is -2.31. The molecule has 1 aromatic rings. The minimum absolute atomic E-state index is 0.585. The summed E-state index contributed by atoms with van der Waals surface area (Å²) in [5, 5.41) is 0. The van der Waals surface area contributed by atoms with Gasteiger partial charge >= 0.3 is 0 Å². The summed E-state index contributed by atoms with van der Waals surface area (Å²) in [6, 6.07) is 2.95. The fourth-order valence-corrected chi connectivity index (χ4v) is 3.54. The molecule has 2 fully saturated rings. The van der Waals surface area contributed by atoms with Crippen molar-refractivity contribution in [2.24, 2.45) is 0 Å². The summed E-state index contributed by atoms with van der Waals surface area (Å²) in [6.45, 7) is 5.79. The van der Waals surface area contributed by atoms with Gasteiger partial charge in [0.2, 0.25) is 0 Å². The van der Waals surface area contributed by atoms with Gasteiger partial charge in [0, 0.05) is 25.3 Å². The van der Waals surface area contributed by atoms with E-state index < -0.39 is 0 Å². The summed E-state index contributed by atoms with van der Waals surface area (Å²) < 4.78 is 0. The van der Waals surface area contributed by atoms with Crippen molar-refractivity contribution in [3.05, 3.63) is 23.4 Å². The van der Waals surface area contributed by atoms with Gasteiger partial charge in [-0.05, 0) is 69.8 Å². The van der Waals surface area contributed by atoms with Crippen LogP contribution in [0.1, 0.15) is 49.3 Å². The van der Waals surface area contributed by atoms with Crippen LogP contribution in [-0.2, 0) is 0 Å². The van der Waals surface area contributed by atoms with E-state index >= 15 is 0 Å². The Morgan fingerprint density at radius 3 is 2.53 bits per heavy atom. The zero-order valence-electron chi connectivity index (χ0n) is 12.2. The first-order valence-corrected chi connectivity index (χ1v) is 7.67. The predicted molar refractivity (Wildman–Crippen MR) is 79.6 cm³/mol. The molecule has 2 aliphatic heterocycles. The molecule has 104 valence electrons. The van der Waals surface area contributed by atoms with Gasteiger partial charge in [0.15, 0.2) is 0 Å². The second kappa shape index (κ2) is 5.49. The van der Waals surface area contributed by atoms with Crippen LogP contribution in [0.4, 0.5) is 5.82 Å². The molecule has 3 heteroatoms. The van der Waals surface area contributed by atoms with Crippen LogP contribution in [0, 0.1) is 6.92 Å². The third kappa shape index (κ3) is 2.62. The molecule has 1 atom stereocenters. The minimum Gasteiger partial charge on any atom is -0.356 e. The molecule has 0 amide bonds. The molecule has 0 radical (unpaired) electrons. The van der Waals surface area contributed by atoms with Gasteiger partial charge in [-0.15, -0.1) is 0 Å². The van der Waals surface area contributed by atoms with Crippen molar-refractivity contribution in [1.82, 2.24) is 9.88 Å². The lowest BCUT2D eigenvalue weighted by molar-refractivity contribution is 0.317. The smallest absolute Gasteiger partial charge is 0.131 e. The predicted octanol–water partition coefficient (Wildman–Crippen LogP) is 3.15. The molecule has 0 N–H and O–H groups in total. The van der Waals surface area contributed by atoms with Crippen LogP contribution in [0.2, 0.25) is 0 Å². The van der Waals surface area contributed by atoms with E-state index in [1.807, 2.05) is 0 Å². The molecule has 3 heterocycles. The average molecular weight is 259 g/mol. The first-order valence-electron chi connectivity index (χ1n) is 7.67. The maximum atomic E-state index is 4.78. The molecular weight excluding hydrogens is 234 g/mol. The van der Waals surface area contributed by atoms with Crippen molar-refractivity contribution < 1.29 is 0 Å². The van der Waals surface area contributed by atoms with E-state index in [1.54, 1.807) is 0 Å². The molecule has 1 unspecified atom stereocenters. The zero-order chi connectivity index (χ0) is 13.2. The third-order valence-corrected chi connectivity index (χ3v) is 4.63. The van der Waals surface area contributed by atoms with Crippen LogP contribution < -0.4 is 4.90 Å². The first-order chi connectivity index (χ1) is 9.25. The number of likely N-dealkylation sites (tertiary alicyclic amines) is 1. The Morgan fingerprint density at radius 1 is 1.11 bits per heavy atom. The SMILES string of the molecule is Cc1cc(C2CCCN2C)cnc1N1CCCCC1. The number of piperidine rings is 1. The highest BCUT2D eigenvalue weighted by Gasteiger charge is 2.24. The average Bonchev–Trinajstić information content (AvgIpc) is 2.86. The molecule has 0 bridgehead atoms. The Kier molecular flexibility index (Phi) is 3.74. The molecular formula is C16H25N3. The number of hydrogen-bond donors (Lipinski definition) is 0. The monoisotopic (exact) mass is 259 g/mol. The van der Waals surface area contributed by atoms with E-state index in [-0.39, 0.29) is 0 Å². The van der Waals surface area contributed by atoms with Crippen LogP contribution >= 0.6 is 0 Å². The normalized spacial score (nSPS) is 24.9. The number of nitrogens with zero attached hydrogens (tertiary/aromatic N) is 3. The summed E-state index contributed by atoms with van der Waals surface area (Å²) >= 11 is 0. The second-order valence-corrected chi connectivity index (χ2v) is 6.10. The van der Waals surface area contributed by atoms with Crippen molar-refractivity contribution in [2.45, 2.75) is 45.1 Å². The first kappa shape index (κ1) is 12.9. The Balaban J connectivity index is 1.81. The van der Waals surface area contributed by atoms with Gasteiger partial charge in [-0.2, -0.15) is 0 Å². The van der Waals surface area contributed by atoms with E-state index in [4.69, 9.17) is 4.98 Å². The van der Waals surface area contributed by atoms with Gasteiger partial charge in [0.25, 0.3) is 0 Å². The van der Waals surface area contributed by atoms with Crippen LogP contribution in [0.15, 0.2) is 12.3 Å². The van der Waals surface area contributed by atoms with Crippen molar-refractivity contribution in [2.75, 3.05) is 31.6 Å². The molecule has 2 saturated heterocycles. The molecule has 3 nitrogen and oxygen atoms in total. The van der Waals surface area contributed by atoms with E-state index in [9.17, 15) is 0 Å². The fraction of sp³-hybridized carbons (Fsp3) is 0.688. The minimum atomic E-state index is 0.585. The van der Waals surface area contributed by atoms with Crippen LogP contribution in [-0.4, -0.2) is 36.6 Å². The van der Waals surface area contributed by atoms with Crippen LogP contribution in [0.3, 0.4) is 0 Å². The maximum absolute atomic E-state index is 4.78. The number of hydrogen-bond acceptors (Lipinski definition) is 3. The van der Waals surface area contributed by atoms with Gasteiger partial charge in [0.1, 0.15) is 5.82 Å². The molecule has 0 saturated carbocycles. The quantitative estimate of drug-likeness (QED) is 0.813. The highest BCUT2D eigenvalue weighted by molar-refractivity contribution is 5.48. The molecule has 3 rings (SSSR count). The van der Waals surface area contributed by atoms with Gasteiger partial charge < -0.3 is 4.90 Å². The topological polar surface area (TPSA) is 19.4 Å². The summed E-state index contributed by atoms with van der Waals surface area (Å²) in [5.74, 6) is 1.21. The van der Waals surface area contributed by atoms with Crippen molar-refractivity contribution in [3.8, 4) is 0 Å². The number of pyridine rings is 1. The van der Waals surface area contributed by atoms with Gasteiger partial charge in [0.05, 0.1) is 0 Å². The van der Waals surface area contributed by atoms with Crippen molar-refractivity contribution in [3.63, 3.8) is 0 Å². The molecule has 2 aliphatic rings. The van der Waals surface area contributed by atoms with Gasteiger partial charge in [-0.25, -0.2) is 4.98 Å². The fourth-order valence-electron chi connectivity index (χ4n) is 3.54.